The molecule has 0 bridgehead atoms. The van der Waals surface area contributed by atoms with Crippen LogP contribution in [-0.4, -0.2) is 58.5 Å². The summed E-state index contributed by atoms with van der Waals surface area (Å²) in [6, 6.07) is 9.97. The van der Waals surface area contributed by atoms with Crippen molar-refractivity contribution >= 4 is 29.3 Å². The van der Waals surface area contributed by atoms with E-state index in [0.717, 1.165) is 37.8 Å². The Morgan fingerprint density at radius 1 is 1.14 bits per heavy atom. The van der Waals surface area contributed by atoms with E-state index in [9.17, 15) is 4.79 Å². The van der Waals surface area contributed by atoms with Crippen molar-refractivity contribution in [2.75, 3.05) is 42.3 Å². The van der Waals surface area contributed by atoms with Crippen LogP contribution in [0.4, 0.5) is 16.3 Å². The second-order valence-electron chi connectivity index (χ2n) is 7.22. The highest BCUT2D eigenvalue weighted by atomic mass is 32.2. The molecule has 0 spiro atoms. The zero-order valence-electron chi connectivity index (χ0n) is 16.1. The minimum Gasteiger partial charge on any atom is -0.495 e. The van der Waals surface area contributed by atoms with Crippen LogP contribution in [0.5, 0.6) is 5.75 Å². The first-order chi connectivity index (χ1) is 13.7. The number of para-hydroxylation sites is 2. The number of anilines is 2. The van der Waals surface area contributed by atoms with Crippen LogP contribution in [0, 0.1) is 0 Å². The van der Waals surface area contributed by atoms with Crippen molar-refractivity contribution in [3.8, 4) is 5.75 Å². The lowest BCUT2D eigenvalue weighted by atomic mass is 10.0. The van der Waals surface area contributed by atoms with Gasteiger partial charge in [-0.2, -0.15) is 16.9 Å². The summed E-state index contributed by atoms with van der Waals surface area (Å²) in [4.78, 5) is 15.1. The smallest absolute Gasteiger partial charge is 0.324 e. The Morgan fingerprint density at radius 2 is 1.96 bits per heavy atom. The number of nitrogens with zero attached hydrogens (tertiary/aromatic N) is 3. The van der Waals surface area contributed by atoms with E-state index in [-0.39, 0.29) is 6.03 Å². The van der Waals surface area contributed by atoms with Crippen molar-refractivity contribution in [3.05, 3.63) is 36.5 Å². The van der Waals surface area contributed by atoms with Crippen LogP contribution in [0.15, 0.2) is 36.5 Å². The fraction of sp³-hybridized carbons (Fsp3) is 0.500. The summed E-state index contributed by atoms with van der Waals surface area (Å²) in [7, 11) is 1.59. The third-order valence-corrected chi connectivity index (χ3v) is 6.68. The molecular weight excluding hydrogens is 374 g/mol. The number of nitrogens with one attached hydrogen (secondary N) is 2. The molecule has 1 aromatic carbocycles. The SMILES string of the molecule is COc1ccccc1NC(=O)Nc1ccnn1C1CCN([C@@H]2CCSC2)CC1. The monoisotopic (exact) mass is 401 g/mol. The first kappa shape index (κ1) is 19.1. The highest BCUT2D eigenvalue weighted by molar-refractivity contribution is 7.99. The number of carbonyl (C=O) groups is 1. The van der Waals surface area contributed by atoms with E-state index in [0.29, 0.717) is 17.5 Å². The Hall–Kier alpha value is -2.19. The number of hydrogen-bond donors (Lipinski definition) is 2. The van der Waals surface area contributed by atoms with Gasteiger partial charge in [-0.05, 0) is 37.1 Å². The summed E-state index contributed by atoms with van der Waals surface area (Å²) in [5.74, 6) is 3.91. The van der Waals surface area contributed by atoms with Crippen LogP contribution in [0.3, 0.4) is 0 Å². The molecule has 2 amide bonds. The van der Waals surface area contributed by atoms with Gasteiger partial charge in [0.15, 0.2) is 0 Å². The topological polar surface area (TPSA) is 71.4 Å². The largest absolute Gasteiger partial charge is 0.495 e. The van der Waals surface area contributed by atoms with E-state index in [1.807, 2.05) is 35.0 Å². The Kier molecular flexibility index (Phi) is 6.07. The van der Waals surface area contributed by atoms with Crippen LogP contribution < -0.4 is 15.4 Å². The van der Waals surface area contributed by atoms with Gasteiger partial charge in [-0.3, -0.25) is 10.2 Å². The minimum absolute atomic E-state index is 0.299. The number of urea groups is 1. The molecule has 8 heteroatoms. The molecule has 0 aliphatic carbocycles. The Labute approximate surface area is 169 Å². The summed E-state index contributed by atoms with van der Waals surface area (Å²) in [6.45, 7) is 2.20. The fourth-order valence-corrected chi connectivity index (χ4v) is 5.28. The molecule has 7 nitrogen and oxygen atoms in total. The molecular formula is C20H27N5O2S. The van der Waals surface area contributed by atoms with E-state index < -0.39 is 0 Å². The molecule has 2 saturated heterocycles. The number of ether oxygens (including phenoxy) is 1. The zero-order valence-corrected chi connectivity index (χ0v) is 17.0. The molecule has 0 radical (unpaired) electrons. The van der Waals surface area contributed by atoms with E-state index in [2.05, 4.69) is 32.4 Å². The number of thioether (sulfide) groups is 1. The van der Waals surface area contributed by atoms with Crippen LogP contribution in [0.1, 0.15) is 25.3 Å². The third kappa shape index (κ3) is 4.28. The van der Waals surface area contributed by atoms with Crippen molar-refractivity contribution in [2.24, 2.45) is 0 Å². The normalized spacial score (nSPS) is 20.8. The lowest BCUT2D eigenvalue weighted by Gasteiger charge is -2.36. The molecule has 2 aliphatic rings. The molecule has 28 heavy (non-hydrogen) atoms. The average molecular weight is 402 g/mol. The Morgan fingerprint density at radius 3 is 2.71 bits per heavy atom. The number of likely N-dealkylation sites (tertiary alicyclic amines) is 1. The number of piperidine rings is 1. The number of methoxy groups -OCH3 is 1. The molecule has 2 aromatic rings. The zero-order chi connectivity index (χ0) is 19.3. The van der Waals surface area contributed by atoms with Gasteiger partial charge >= 0.3 is 6.03 Å². The van der Waals surface area contributed by atoms with Gasteiger partial charge in [0, 0.05) is 31.0 Å². The van der Waals surface area contributed by atoms with Gasteiger partial charge in [0.05, 0.1) is 25.0 Å². The van der Waals surface area contributed by atoms with Crippen molar-refractivity contribution in [1.82, 2.24) is 14.7 Å². The standard InChI is InChI=1S/C20H27N5O2S/c1-27-18-5-3-2-4-17(18)22-20(26)23-19-6-10-21-25(19)15-7-11-24(12-8-15)16-9-13-28-14-16/h2-6,10,15-16H,7-9,11-14H2,1H3,(H2,22,23,26)/t16-/m1/s1. The quantitative estimate of drug-likeness (QED) is 0.800. The van der Waals surface area contributed by atoms with Gasteiger partial charge in [-0.1, -0.05) is 12.1 Å². The summed E-state index contributed by atoms with van der Waals surface area (Å²) in [5.41, 5.74) is 0.635. The number of rotatable bonds is 5. The maximum absolute atomic E-state index is 12.5. The van der Waals surface area contributed by atoms with E-state index in [4.69, 9.17) is 4.74 Å². The van der Waals surface area contributed by atoms with Crippen molar-refractivity contribution in [1.29, 1.82) is 0 Å². The minimum atomic E-state index is -0.299. The second kappa shape index (κ2) is 8.87. The van der Waals surface area contributed by atoms with Crippen molar-refractivity contribution in [2.45, 2.75) is 31.3 Å². The molecule has 3 heterocycles. The van der Waals surface area contributed by atoms with Crippen LogP contribution in [0.25, 0.3) is 0 Å². The first-order valence-electron chi connectivity index (χ1n) is 9.81. The van der Waals surface area contributed by atoms with Gasteiger partial charge in [0.2, 0.25) is 0 Å². The first-order valence-corrected chi connectivity index (χ1v) is 11.0. The third-order valence-electron chi connectivity index (χ3n) is 5.53. The molecule has 4 rings (SSSR count). The van der Waals surface area contributed by atoms with Gasteiger partial charge in [-0.15, -0.1) is 0 Å². The summed E-state index contributed by atoms with van der Waals surface area (Å²) in [5, 5.41) is 10.3. The fourth-order valence-electron chi connectivity index (χ4n) is 4.03. The molecule has 2 fully saturated rings. The maximum Gasteiger partial charge on any atom is 0.324 e. The summed E-state index contributed by atoms with van der Waals surface area (Å²) in [6.07, 6.45) is 5.18. The van der Waals surface area contributed by atoms with E-state index in [1.165, 1.54) is 17.9 Å². The molecule has 2 N–H and O–H groups in total. The number of hydrogen-bond acceptors (Lipinski definition) is 5. The van der Waals surface area contributed by atoms with E-state index >= 15 is 0 Å². The molecule has 0 unspecified atom stereocenters. The van der Waals surface area contributed by atoms with Crippen LogP contribution in [-0.2, 0) is 0 Å². The predicted molar refractivity (Wildman–Crippen MR) is 113 cm³/mol. The number of benzene rings is 1. The molecule has 1 atom stereocenters. The number of carbonyl (C=O) groups excluding carboxylic acids is 1. The Balaban J connectivity index is 1.36. The second-order valence-corrected chi connectivity index (χ2v) is 8.37. The summed E-state index contributed by atoms with van der Waals surface area (Å²) < 4.78 is 7.25. The average Bonchev–Trinajstić information content (AvgIpc) is 3.41. The lowest BCUT2D eigenvalue weighted by Crippen LogP contribution is -2.42. The van der Waals surface area contributed by atoms with Crippen LogP contribution >= 0.6 is 11.8 Å². The molecule has 150 valence electrons. The number of aromatic nitrogens is 2. The lowest BCUT2D eigenvalue weighted by molar-refractivity contribution is 0.142. The predicted octanol–water partition coefficient (Wildman–Crippen LogP) is 3.68. The van der Waals surface area contributed by atoms with Gasteiger partial charge in [-0.25, -0.2) is 9.48 Å². The van der Waals surface area contributed by atoms with Crippen LogP contribution in [0.2, 0.25) is 0 Å². The highest BCUT2D eigenvalue weighted by Gasteiger charge is 2.29. The molecule has 1 aromatic heterocycles. The highest BCUT2D eigenvalue weighted by Crippen LogP contribution is 2.30. The van der Waals surface area contributed by atoms with Gasteiger partial charge in [0.1, 0.15) is 11.6 Å². The van der Waals surface area contributed by atoms with Gasteiger partial charge < -0.3 is 10.1 Å². The summed E-state index contributed by atoms with van der Waals surface area (Å²) >= 11 is 2.06. The van der Waals surface area contributed by atoms with Gasteiger partial charge in [0.25, 0.3) is 0 Å². The van der Waals surface area contributed by atoms with Crippen molar-refractivity contribution in [3.63, 3.8) is 0 Å². The number of amides is 2. The Bertz CT molecular complexity index is 797. The van der Waals surface area contributed by atoms with E-state index in [1.54, 1.807) is 13.3 Å². The van der Waals surface area contributed by atoms with Crippen molar-refractivity contribution < 1.29 is 9.53 Å². The molecule has 2 aliphatic heterocycles. The molecule has 0 saturated carbocycles. The maximum atomic E-state index is 12.5.